The van der Waals surface area contributed by atoms with Gasteiger partial charge in [0.2, 0.25) is 10.0 Å². The second-order valence-corrected chi connectivity index (χ2v) is 10.1. The third-order valence-corrected chi connectivity index (χ3v) is 6.42. The minimum Gasteiger partial charge on any atom is -0.387 e. The van der Waals surface area contributed by atoms with Crippen LogP contribution < -0.4 is 4.72 Å². The van der Waals surface area contributed by atoms with Crippen molar-refractivity contribution in [1.82, 2.24) is 9.62 Å². The van der Waals surface area contributed by atoms with Crippen LogP contribution in [0.5, 0.6) is 0 Å². The number of hydrogen-bond donors (Lipinski definition) is 2. The molecule has 0 bridgehead atoms. The number of halogens is 1. The van der Waals surface area contributed by atoms with Crippen LogP contribution in [-0.2, 0) is 16.6 Å². The van der Waals surface area contributed by atoms with E-state index in [0.717, 1.165) is 37.8 Å². The zero-order chi connectivity index (χ0) is 21.6. The highest BCUT2D eigenvalue weighted by Crippen LogP contribution is 2.27. The number of nitrogens with one attached hydrogen (secondary N) is 1. The Bertz CT molecular complexity index is 900. The van der Waals surface area contributed by atoms with Crippen molar-refractivity contribution in [2.45, 2.75) is 44.4 Å². The summed E-state index contributed by atoms with van der Waals surface area (Å²) in [6.07, 6.45) is 3.96. The molecule has 1 fully saturated rings. The van der Waals surface area contributed by atoms with E-state index in [-0.39, 0.29) is 11.9 Å². The molecule has 1 atom stereocenters. The molecule has 0 amide bonds. The number of nitrogens with zero attached hydrogens (tertiary/aromatic N) is 1. The fourth-order valence-electron chi connectivity index (χ4n) is 4.24. The second kappa shape index (κ2) is 10.5. The average Bonchev–Trinajstić information content (AvgIpc) is 2.69. The molecule has 0 aliphatic heterocycles. The molecule has 0 saturated heterocycles. The third kappa shape index (κ3) is 7.47. The Balaban J connectivity index is 1.63. The predicted octanol–water partition coefficient (Wildman–Crippen LogP) is 3.47. The molecule has 0 radical (unpaired) electrons. The molecule has 1 aliphatic carbocycles. The highest BCUT2D eigenvalue weighted by atomic mass is 32.2. The van der Waals surface area contributed by atoms with Crippen molar-refractivity contribution in [3.8, 4) is 0 Å². The van der Waals surface area contributed by atoms with Crippen LogP contribution in [0.3, 0.4) is 0 Å². The van der Waals surface area contributed by atoms with Crippen LogP contribution in [0.4, 0.5) is 4.39 Å². The third-order valence-electron chi connectivity index (χ3n) is 5.66. The quantitative estimate of drug-likeness (QED) is 0.634. The Kier molecular flexibility index (Phi) is 7.99. The van der Waals surface area contributed by atoms with Crippen LogP contribution in [-0.4, -0.2) is 43.8 Å². The summed E-state index contributed by atoms with van der Waals surface area (Å²) in [6.45, 7) is 1.93. The maximum atomic E-state index is 13.6. The molecule has 164 valence electrons. The van der Waals surface area contributed by atoms with Crippen molar-refractivity contribution < 1.29 is 17.9 Å². The fraction of sp³-hybridized carbons (Fsp3) is 0.478. The van der Waals surface area contributed by atoms with Gasteiger partial charge in [0.05, 0.1) is 12.4 Å². The van der Waals surface area contributed by atoms with E-state index in [9.17, 15) is 17.9 Å². The van der Waals surface area contributed by atoms with E-state index in [1.165, 1.54) is 18.4 Å². The maximum absolute atomic E-state index is 13.6. The van der Waals surface area contributed by atoms with E-state index in [2.05, 4.69) is 21.8 Å². The van der Waals surface area contributed by atoms with E-state index in [0.29, 0.717) is 24.6 Å². The zero-order valence-electron chi connectivity index (χ0n) is 17.4. The first-order valence-electron chi connectivity index (χ1n) is 10.5. The number of aliphatic hydroxyl groups is 1. The molecule has 2 aromatic carbocycles. The normalized spacial score (nSPS) is 20.9. The minimum atomic E-state index is -3.18. The van der Waals surface area contributed by atoms with E-state index < -0.39 is 16.1 Å². The van der Waals surface area contributed by atoms with E-state index in [4.69, 9.17) is 0 Å². The van der Waals surface area contributed by atoms with Crippen LogP contribution in [0.2, 0.25) is 0 Å². The molecule has 1 saturated carbocycles. The van der Waals surface area contributed by atoms with Crippen molar-refractivity contribution in [1.29, 1.82) is 0 Å². The van der Waals surface area contributed by atoms with Gasteiger partial charge in [-0.05, 0) is 54.9 Å². The number of rotatable bonds is 9. The lowest BCUT2D eigenvalue weighted by Gasteiger charge is -2.33. The maximum Gasteiger partial charge on any atom is 0.208 e. The molecule has 1 aliphatic rings. The molecule has 2 N–H and O–H groups in total. The number of benzene rings is 2. The topological polar surface area (TPSA) is 69.6 Å². The first-order valence-corrected chi connectivity index (χ1v) is 12.3. The SMILES string of the molecule is CS(=O)(=O)NC1CCC(CN(Cc2ccccc2)C[C@H](O)c2cccc(F)c2)CC1. The molecule has 30 heavy (non-hydrogen) atoms. The van der Waals surface area contributed by atoms with Crippen molar-refractivity contribution in [2.24, 2.45) is 5.92 Å². The van der Waals surface area contributed by atoms with E-state index in [1.807, 2.05) is 18.2 Å². The predicted molar refractivity (Wildman–Crippen MR) is 117 cm³/mol. The lowest BCUT2D eigenvalue weighted by Crippen LogP contribution is -2.40. The van der Waals surface area contributed by atoms with Gasteiger partial charge in [-0.2, -0.15) is 0 Å². The van der Waals surface area contributed by atoms with Gasteiger partial charge in [-0.3, -0.25) is 4.90 Å². The molecule has 3 rings (SSSR count). The molecule has 2 aromatic rings. The van der Waals surface area contributed by atoms with Gasteiger partial charge in [0, 0.05) is 25.7 Å². The van der Waals surface area contributed by atoms with Crippen molar-refractivity contribution >= 4 is 10.0 Å². The monoisotopic (exact) mass is 434 g/mol. The van der Waals surface area contributed by atoms with Gasteiger partial charge in [-0.25, -0.2) is 17.5 Å². The van der Waals surface area contributed by atoms with Gasteiger partial charge < -0.3 is 5.11 Å². The van der Waals surface area contributed by atoms with Crippen LogP contribution in [0.25, 0.3) is 0 Å². The molecule has 0 unspecified atom stereocenters. The summed E-state index contributed by atoms with van der Waals surface area (Å²) in [5.41, 5.74) is 1.74. The smallest absolute Gasteiger partial charge is 0.208 e. The van der Waals surface area contributed by atoms with Crippen LogP contribution in [0.15, 0.2) is 54.6 Å². The van der Waals surface area contributed by atoms with Crippen molar-refractivity contribution in [3.05, 3.63) is 71.5 Å². The molecule has 0 spiro atoms. The zero-order valence-corrected chi connectivity index (χ0v) is 18.2. The first kappa shape index (κ1) is 22.9. The summed E-state index contributed by atoms with van der Waals surface area (Å²) in [7, 11) is -3.18. The minimum absolute atomic E-state index is 0.0108. The standard InChI is InChI=1S/C23H31FN2O3S/c1-30(28,29)25-22-12-10-19(11-13-22)16-26(15-18-6-3-2-4-7-18)17-23(27)20-8-5-9-21(24)14-20/h2-9,14,19,22-23,25,27H,10-13,15-17H2,1H3/t19?,22?,23-/m0/s1. The van der Waals surface area contributed by atoms with Crippen LogP contribution in [0, 0.1) is 11.7 Å². The van der Waals surface area contributed by atoms with Crippen molar-refractivity contribution in [2.75, 3.05) is 19.3 Å². The van der Waals surface area contributed by atoms with Gasteiger partial charge >= 0.3 is 0 Å². The number of hydrogen-bond acceptors (Lipinski definition) is 4. The largest absolute Gasteiger partial charge is 0.387 e. The lowest BCUT2D eigenvalue weighted by atomic mass is 9.86. The molecular weight excluding hydrogens is 403 g/mol. The highest BCUT2D eigenvalue weighted by Gasteiger charge is 2.25. The fourth-order valence-corrected chi connectivity index (χ4v) is 5.08. The Hall–Kier alpha value is -1.80. The summed E-state index contributed by atoms with van der Waals surface area (Å²) in [4.78, 5) is 2.22. The van der Waals surface area contributed by atoms with Gasteiger partial charge in [-0.1, -0.05) is 42.5 Å². The number of sulfonamides is 1. The van der Waals surface area contributed by atoms with E-state index >= 15 is 0 Å². The van der Waals surface area contributed by atoms with E-state index in [1.54, 1.807) is 12.1 Å². The Morgan fingerprint density at radius 2 is 1.80 bits per heavy atom. The van der Waals surface area contributed by atoms with Crippen LogP contribution in [0.1, 0.15) is 42.9 Å². The Morgan fingerprint density at radius 3 is 2.43 bits per heavy atom. The first-order chi connectivity index (χ1) is 14.3. The van der Waals surface area contributed by atoms with Gasteiger partial charge in [0.15, 0.2) is 0 Å². The summed E-state index contributed by atoms with van der Waals surface area (Å²) in [5.74, 6) is 0.0869. The van der Waals surface area contributed by atoms with Crippen LogP contribution >= 0.6 is 0 Å². The molecule has 0 aromatic heterocycles. The summed E-state index contributed by atoms with van der Waals surface area (Å²) in [6, 6.07) is 16.2. The molecule has 5 nitrogen and oxygen atoms in total. The number of aliphatic hydroxyl groups excluding tert-OH is 1. The molecular formula is C23H31FN2O3S. The average molecular weight is 435 g/mol. The van der Waals surface area contributed by atoms with Gasteiger partial charge in [0.1, 0.15) is 5.82 Å². The lowest BCUT2D eigenvalue weighted by molar-refractivity contribution is 0.0912. The molecule has 0 heterocycles. The molecule has 7 heteroatoms. The summed E-state index contributed by atoms with van der Waals surface area (Å²) in [5, 5.41) is 10.7. The second-order valence-electron chi connectivity index (χ2n) is 8.36. The summed E-state index contributed by atoms with van der Waals surface area (Å²) >= 11 is 0. The van der Waals surface area contributed by atoms with Gasteiger partial charge in [-0.15, -0.1) is 0 Å². The summed E-state index contributed by atoms with van der Waals surface area (Å²) < 4.78 is 39.2. The van der Waals surface area contributed by atoms with Crippen molar-refractivity contribution in [3.63, 3.8) is 0 Å². The highest BCUT2D eigenvalue weighted by molar-refractivity contribution is 7.88. The Morgan fingerprint density at radius 1 is 1.10 bits per heavy atom. The Labute approximate surface area is 179 Å². The van der Waals surface area contributed by atoms with Gasteiger partial charge in [0.25, 0.3) is 0 Å².